The quantitative estimate of drug-likeness (QED) is 0.427. The smallest absolute Gasteiger partial charge is 0.273 e. The monoisotopic (exact) mass is 236 g/mol. The zero-order chi connectivity index (χ0) is 12.8. The highest BCUT2D eigenvalue weighted by molar-refractivity contribution is 5.84. The summed E-state index contributed by atoms with van der Waals surface area (Å²) < 4.78 is 5.19. The third-order valence-corrected chi connectivity index (χ3v) is 1.91. The number of carbonyl (C=O) groups is 1. The zero-order valence-corrected chi connectivity index (χ0v) is 9.08. The number of carboxylic acids is 1. The van der Waals surface area contributed by atoms with Gasteiger partial charge in [0.05, 0.1) is 23.6 Å². The lowest BCUT2D eigenvalue weighted by atomic mass is 10.1. The minimum atomic E-state index is -1.34. The number of nitro groups is 1. The molecule has 0 spiro atoms. The maximum absolute atomic E-state index is 10.6. The molecule has 0 fully saturated rings. The molecule has 0 heterocycles. The predicted octanol–water partition coefficient (Wildman–Crippen LogP) is 0.757. The van der Waals surface area contributed by atoms with E-state index in [1.54, 1.807) is 6.92 Å². The molecule has 1 aromatic rings. The largest absolute Gasteiger partial charge is 0.545 e. The fraction of sp³-hybridized carbons (Fsp3) is 0.182. The van der Waals surface area contributed by atoms with Crippen molar-refractivity contribution in [1.29, 1.82) is 0 Å². The Bertz CT molecular complexity index is 467. The summed E-state index contributed by atoms with van der Waals surface area (Å²) in [5.41, 5.74) is 0.334. The Kier molecular flexibility index (Phi) is 4.21. The van der Waals surface area contributed by atoms with Gasteiger partial charge in [-0.2, -0.15) is 0 Å². The molecule has 6 nitrogen and oxygen atoms in total. The van der Waals surface area contributed by atoms with Crippen molar-refractivity contribution in [1.82, 2.24) is 0 Å². The summed E-state index contributed by atoms with van der Waals surface area (Å²) in [6, 6.07) is 3.94. The van der Waals surface area contributed by atoms with Gasteiger partial charge in [-0.15, -0.1) is 0 Å². The molecule has 0 aliphatic carbocycles. The van der Waals surface area contributed by atoms with Crippen molar-refractivity contribution in [3.8, 4) is 5.75 Å². The van der Waals surface area contributed by atoms with Gasteiger partial charge in [0.2, 0.25) is 0 Å². The Balaban J connectivity index is 3.12. The van der Waals surface area contributed by atoms with E-state index in [1.165, 1.54) is 24.3 Å². The fourth-order valence-electron chi connectivity index (χ4n) is 1.21. The van der Waals surface area contributed by atoms with Crippen LogP contribution in [0.1, 0.15) is 12.5 Å². The number of carboxylic acid groups (broad SMARTS) is 1. The molecule has 0 bridgehead atoms. The van der Waals surface area contributed by atoms with Crippen LogP contribution < -0.4 is 9.84 Å². The topological polar surface area (TPSA) is 92.5 Å². The van der Waals surface area contributed by atoms with Crippen LogP contribution in [0, 0.1) is 10.1 Å². The molecular formula is C11H10NO5-. The molecule has 0 aromatic heterocycles. The molecule has 0 atom stereocenters. The molecule has 1 rings (SSSR count). The van der Waals surface area contributed by atoms with Crippen molar-refractivity contribution in [2.75, 3.05) is 6.61 Å². The number of rotatable bonds is 5. The Morgan fingerprint density at radius 2 is 2.24 bits per heavy atom. The van der Waals surface area contributed by atoms with Gasteiger partial charge in [0.25, 0.3) is 5.69 Å². The number of nitro benzene ring substituents is 1. The van der Waals surface area contributed by atoms with E-state index in [0.717, 1.165) is 6.08 Å². The van der Waals surface area contributed by atoms with Crippen molar-refractivity contribution in [2.24, 2.45) is 0 Å². The Labute approximate surface area is 97.3 Å². The molecule has 0 aliphatic rings. The summed E-state index contributed by atoms with van der Waals surface area (Å²) in [5.74, 6) is -1.08. The molecule has 0 amide bonds. The van der Waals surface area contributed by atoms with Crippen LogP contribution >= 0.6 is 0 Å². The molecule has 0 radical (unpaired) electrons. The predicted molar refractivity (Wildman–Crippen MR) is 58.3 cm³/mol. The van der Waals surface area contributed by atoms with Gasteiger partial charge < -0.3 is 14.6 Å². The van der Waals surface area contributed by atoms with Gasteiger partial charge in [0.1, 0.15) is 5.75 Å². The number of ether oxygens (including phenoxy) is 1. The van der Waals surface area contributed by atoms with Crippen LogP contribution in [0.15, 0.2) is 24.3 Å². The van der Waals surface area contributed by atoms with E-state index < -0.39 is 10.9 Å². The second-order valence-corrected chi connectivity index (χ2v) is 3.06. The molecule has 0 saturated carbocycles. The Hall–Kier alpha value is -2.37. The van der Waals surface area contributed by atoms with Crippen LogP contribution in [0.2, 0.25) is 0 Å². The van der Waals surface area contributed by atoms with E-state index in [-0.39, 0.29) is 11.4 Å². The van der Waals surface area contributed by atoms with Gasteiger partial charge in [-0.05, 0) is 25.1 Å². The second-order valence-electron chi connectivity index (χ2n) is 3.06. The van der Waals surface area contributed by atoms with Gasteiger partial charge in [-0.1, -0.05) is 0 Å². The Morgan fingerprint density at radius 1 is 1.53 bits per heavy atom. The lowest BCUT2D eigenvalue weighted by molar-refractivity contribution is -0.384. The number of hydrogen-bond acceptors (Lipinski definition) is 5. The van der Waals surface area contributed by atoms with Crippen LogP contribution in [0.25, 0.3) is 6.08 Å². The highest BCUT2D eigenvalue weighted by Gasteiger charge is 2.09. The average Bonchev–Trinajstić information content (AvgIpc) is 2.27. The van der Waals surface area contributed by atoms with E-state index in [2.05, 4.69) is 0 Å². The molecule has 1 aromatic carbocycles. The summed E-state index contributed by atoms with van der Waals surface area (Å²) in [5, 5.41) is 20.8. The van der Waals surface area contributed by atoms with Gasteiger partial charge in [0, 0.05) is 11.6 Å². The summed E-state index contributed by atoms with van der Waals surface area (Å²) in [4.78, 5) is 20.3. The molecule has 0 saturated heterocycles. The van der Waals surface area contributed by atoms with Crippen molar-refractivity contribution in [3.63, 3.8) is 0 Å². The summed E-state index contributed by atoms with van der Waals surface area (Å²) in [6.45, 7) is 2.05. The molecule has 0 aliphatic heterocycles. The summed E-state index contributed by atoms with van der Waals surface area (Å²) in [7, 11) is 0. The SMILES string of the molecule is CCOc1cc([N+](=O)[O-])ccc1/C=C/C(=O)[O-]. The lowest BCUT2D eigenvalue weighted by Gasteiger charge is -2.06. The number of non-ortho nitro benzene ring substituents is 1. The van der Waals surface area contributed by atoms with Gasteiger partial charge in [-0.25, -0.2) is 0 Å². The average molecular weight is 236 g/mol. The first-order valence-corrected chi connectivity index (χ1v) is 4.85. The fourth-order valence-corrected chi connectivity index (χ4v) is 1.21. The van der Waals surface area contributed by atoms with Gasteiger partial charge >= 0.3 is 0 Å². The van der Waals surface area contributed by atoms with Crippen molar-refractivity contribution < 1.29 is 19.6 Å². The van der Waals surface area contributed by atoms with Crippen LogP contribution in [-0.2, 0) is 4.79 Å². The zero-order valence-electron chi connectivity index (χ0n) is 9.08. The van der Waals surface area contributed by atoms with Crippen LogP contribution in [0.4, 0.5) is 5.69 Å². The number of hydrogen-bond donors (Lipinski definition) is 0. The first kappa shape index (κ1) is 12.7. The molecule has 6 heteroatoms. The third-order valence-electron chi connectivity index (χ3n) is 1.91. The summed E-state index contributed by atoms with van der Waals surface area (Å²) >= 11 is 0. The lowest BCUT2D eigenvalue weighted by Crippen LogP contribution is -2.18. The standard InChI is InChI=1S/C11H11NO5/c1-2-17-10-7-9(12(15)16)5-3-8(10)4-6-11(13)14/h3-7H,2H2,1H3,(H,13,14)/p-1/b6-4+. The number of aliphatic carboxylic acids is 1. The molecular weight excluding hydrogens is 226 g/mol. The maximum Gasteiger partial charge on any atom is 0.273 e. The van der Waals surface area contributed by atoms with Crippen LogP contribution in [0.3, 0.4) is 0 Å². The second kappa shape index (κ2) is 5.64. The normalized spacial score (nSPS) is 10.4. The minimum Gasteiger partial charge on any atom is -0.545 e. The summed E-state index contributed by atoms with van der Waals surface area (Å²) in [6.07, 6.45) is 2.10. The van der Waals surface area contributed by atoms with Crippen molar-refractivity contribution in [3.05, 3.63) is 40.0 Å². The molecule has 0 unspecified atom stereocenters. The highest BCUT2D eigenvalue weighted by atomic mass is 16.6. The number of carbonyl (C=O) groups excluding carboxylic acids is 1. The first-order chi connectivity index (χ1) is 8.04. The van der Waals surface area contributed by atoms with E-state index in [9.17, 15) is 20.0 Å². The van der Waals surface area contributed by atoms with Crippen LogP contribution in [0.5, 0.6) is 5.75 Å². The maximum atomic E-state index is 10.6. The van der Waals surface area contributed by atoms with E-state index in [4.69, 9.17) is 4.74 Å². The van der Waals surface area contributed by atoms with Crippen LogP contribution in [-0.4, -0.2) is 17.5 Å². The van der Waals surface area contributed by atoms with Gasteiger partial charge in [-0.3, -0.25) is 10.1 Å². The van der Waals surface area contributed by atoms with Crippen molar-refractivity contribution in [2.45, 2.75) is 6.92 Å². The molecule has 0 N–H and O–H groups in total. The third kappa shape index (κ3) is 3.60. The van der Waals surface area contributed by atoms with E-state index in [0.29, 0.717) is 12.2 Å². The molecule has 90 valence electrons. The highest BCUT2D eigenvalue weighted by Crippen LogP contribution is 2.25. The minimum absolute atomic E-state index is 0.112. The van der Waals surface area contributed by atoms with Gasteiger partial charge in [0.15, 0.2) is 0 Å². The van der Waals surface area contributed by atoms with Crippen molar-refractivity contribution >= 4 is 17.7 Å². The Morgan fingerprint density at radius 3 is 2.76 bits per heavy atom. The van der Waals surface area contributed by atoms with E-state index in [1.807, 2.05) is 0 Å². The van der Waals surface area contributed by atoms with E-state index >= 15 is 0 Å². The first-order valence-electron chi connectivity index (χ1n) is 4.85. The molecule has 17 heavy (non-hydrogen) atoms. The number of benzene rings is 1. The number of nitrogens with zero attached hydrogens (tertiary/aromatic N) is 1.